The average Bonchev–Trinajstić information content (AvgIpc) is 2.90. The summed E-state index contributed by atoms with van der Waals surface area (Å²) in [6.07, 6.45) is 2.47. The molecule has 0 aromatic rings. The fourth-order valence-corrected chi connectivity index (χ4v) is 4.54. The predicted octanol–water partition coefficient (Wildman–Crippen LogP) is 3.93. The lowest BCUT2D eigenvalue weighted by molar-refractivity contribution is -0.153. The SMILES string of the molecule is COC(=O)C1=C(O[Si](C)(C)C(C)(C)C)C[C@]2(C(=O)OC)C=C[C@H]1N2C(=O)OC(C)(C)C. The van der Waals surface area contributed by atoms with Crippen LogP contribution in [0.1, 0.15) is 48.0 Å². The minimum atomic E-state index is -2.37. The fourth-order valence-electron chi connectivity index (χ4n) is 3.44. The van der Waals surface area contributed by atoms with Gasteiger partial charge in [-0.25, -0.2) is 14.4 Å². The number of rotatable bonds is 4. The van der Waals surface area contributed by atoms with Crippen LogP contribution in [0.25, 0.3) is 0 Å². The van der Waals surface area contributed by atoms with Crippen LogP contribution < -0.4 is 0 Å². The Morgan fingerprint density at radius 2 is 1.65 bits per heavy atom. The highest BCUT2D eigenvalue weighted by molar-refractivity contribution is 6.74. The summed E-state index contributed by atoms with van der Waals surface area (Å²) in [5.41, 5.74) is -2.05. The van der Waals surface area contributed by atoms with Crippen molar-refractivity contribution < 1.29 is 33.0 Å². The highest BCUT2D eigenvalue weighted by Crippen LogP contribution is 2.47. The summed E-state index contributed by atoms with van der Waals surface area (Å²) in [5.74, 6) is -0.881. The lowest BCUT2D eigenvalue weighted by Crippen LogP contribution is -2.61. The van der Waals surface area contributed by atoms with Crippen LogP contribution in [0.4, 0.5) is 4.79 Å². The van der Waals surface area contributed by atoms with Gasteiger partial charge in [0.1, 0.15) is 5.60 Å². The molecule has 2 atom stereocenters. The first-order chi connectivity index (χ1) is 14.0. The van der Waals surface area contributed by atoms with Gasteiger partial charge in [-0.3, -0.25) is 4.90 Å². The number of carbonyl (C=O) groups excluding carboxylic acids is 3. The van der Waals surface area contributed by atoms with Gasteiger partial charge >= 0.3 is 18.0 Å². The van der Waals surface area contributed by atoms with Crippen LogP contribution in [0.5, 0.6) is 0 Å². The largest absolute Gasteiger partial charge is 0.546 e. The van der Waals surface area contributed by atoms with Gasteiger partial charge in [-0.15, -0.1) is 0 Å². The Kier molecular flexibility index (Phi) is 6.44. The molecular weight excluding hydrogens is 418 g/mol. The maximum atomic E-state index is 13.2. The zero-order valence-corrected chi connectivity index (χ0v) is 21.2. The van der Waals surface area contributed by atoms with Crippen LogP contribution in [0.2, 0.25) is 18.1 Å². The number of methoxy groups -OCH3 is 2. The summed E-state index contributed by atoms with van der Waals surface area (Å²) in [5, 5.41) is -0.144. The van der Waals surface area contributed by atoms with Crippen molar-refractivity contribution in [3.63, 3.8) is 0 Å². The van der Waals surface area contributed by atoms with Gasteiger partial charge in [0.15, 0.2) is 5.54 Å². The topological polar surface area (TPSA) is 91.4 Å². The van der Waals surface area contributed by atoms with Crippen molar-refractivity contribution in [2.24, 2.45) is 0 Å². The van der Waals surface area contributed by atoms with Gasteiger partial charge in [-0.2, -0.15) is 0 Å². The highest BCUT2D eigenvalue weighted by Gasteiger charge is 2.60. The Balaban J connectivity index is 2.67. The molecular formula is C22H35NO7Si. The lowest BCUT2D eigenvalue weighted by atomic mass is 9.88. The van der Waals surface area contributed by atoms with E-state index in [0.717, 1.165) is 0 Å². The van der Waals surface area contributed by atoms with Crippen molar-refractivity contribution in [3.8, 4) is 0 Å². The number of esters is 2. The molecule has 0 aromatic heterocycles. The van der Waals surface area contributed by atoms with Gasteiger partial charge in [-0.05, 0) is 45.0 Å². The third-order valence-electron chi connectivity index (χ3n) is 6.01. The molecule has 2 aliphatic rings. The van der Waals surface area contributed by atoms with Crippen molar-refractivity contribution in [1.82, 2.24) is 4.90 Å². The molecule has 0 spiro atoms. The molecule has 174 valence electrons. The number of carbonyl (C=O) groups is 3. The number of amides is 1. The summed E-state index contributed by atoms with van der Waals surface area (Å²) in [4.78, 5) is 40.2. The van der Waals surface area contributed by atoms with E-state index in [0.29, 0.717) is 5.76 Å². The van der Waals surface area contributed by atoms with Crippen LogP contribution >= 0.6 is 0 Å². The number of hydrogen-bond donors (Lipinski definition) is 0. The molecule has 0 N–H and O–H groups in total. The summed E-state index contributed by atoms with van der Waals surface area (Å²) in [6, 6.07) is -0.866. The molecule has 8 nitrogen and oxygen atoms in total. The van der Waals surface area contributed by atoms with Gasteiger partial charge in [0.25, 0.3) is 0 Å². The summed E-state index contributed by atoms with van der Waals surface area (Å²) in [7, 11) is 0.169. The second-order valence-electron chi connectivity index (χ2n) is 10.4. The lowest BCUT2D eigenvalue weighted by Gasteiger charge is -2.46. The fraction of sp³-hybridized carbons (Fsp3) is 0.682. The van der Waals surface area contributed by atoms with E-state index < -0.39 is 43.5 Å². The van der Waals surface area contributed by atoms with Crippen molar-refractivity contribution in [2.45, 2.75) is 83.3 Å². The Hall–Kier alpha value is -2.29. The van der Waals surface area contributed by atoms with Crippen LogP contribution in [-0.4, -0.2) is 62.7 Å². The molecule has 0 radical (unpaired) electrons. The predicted molar refractivity (Wildman–Crippen MR) is 118 cm³/mol. The van der Waals surface area contributed by atoms with Gasteiger partial charge < -0.3 is 18.6 Å². The van der Waals surface area contributed by atoms with E-state index in [2.05, 4.69) is 33.9 Å². The smallest absolute Gasteiger partial charge is 0.412 e. The molecule has 9 heteroatoms. The Labute approximate surface area is 185 Å². The molecule has 0 saturated carbocycles. The van der Waals surface area contributed by atoms with E-state index in [1.54, 1.807) is 32.9 Å². The molecule has 0 fully saturated rings. The number of ether oxygens (including phenoxy) is 3. The minimum Gasteiger partial charge on any atom is -0.546 e. The van der Waals surface area contributed by atoms with Crippen LogP contribution in [-0.2, 0) is 28.2 Å². The highest BCUT2D eigenvalue weighted by atomic mass is 28.4. The molecule has 2 rings (SSSR count). The molecule has 2 bridgehead atoms. The molecule has 0 aromatic carbocycles. The molecule has 2 heterocycles. The summed E-state index contributed by atoms with van der Waals surface area (Å²) < 4.78 is 22.2. The van der Waals surface area contributed by atoms with Crippen LogP contribution in [0.15, 0.2) is 23.5 Å². The van der Waals surface area contributed by atoms with Crippen LogP contribution in [0, 0.1) is 0 Å². The van der Waals surface area contributed by atoms with Crippen molar-refractivity contribution in [2.75, 3.05) is 14.2 Å². The molecule has 2 aliphatic heterocycles. The van der Waals surface area contributed by atoms with Crippen molar-refractivity contribution >= 4 is 26.3 Å². The van der Waals surface area contributed by atoms with Crippen molar-refractivity contribution in [3.05, 3.63) is 23.5 Å². The van der Waals surface area contributed by atoms with Gasteiger partial charge in [0, 0.05) is 6.42 Å². The minimum absolute atomic E-state index is 0.0388. The van der Waals surface area contributed by atoms with E-state index in [9.17, 15) is 14.4 Å². The standard InChI is InChI=1S/C22H35NO7Si/c1-20(2,3)29-19(26)23-14-11-12-22(23,18(25)28-8)13-15(16(14)17(24)27-7)30-31(9,10)21(4,5)6/h11-12,14H,13H2,1-10H3/t14-,22+/m1/s1. The first-order valence-electron chi connectivity index (χ1n) is 10.3. The van der Waals surface area contributed by atoms with Gasteiger partial charge in [0.2, 0.25) is 8.32 Å². The quantitative estimate of drug-likeness (QED) is 0.276. The monoisotopic (exact) mass is 453 g/mol. The number of fused-ring (bicyclic) bond motifs is 2. The third-order valence-corrected chi connectivity index (χ3v) is 10.4. The molecule has 0 saturated heterocycles. The van der Waals surface area contributed by atoms with Crippen LogP contribution in [0.3, 0.4) is 0 Å². The van der Waals surface area contributed by atoms with E-state index >= 15 is 0 Å². The molecule has 1 amide bonds. The Bertz CT molecular complexity index is 832. The van der Waals surface area contributed by atoms with E-state index in [4.69, 9.17) is 18.6 Å². The maximum absolute atomic E-state index is 13.2. The van der Waals surface area contributed by atoms with E-state index in [-0.39, 0.29) is 17.0 Å². The number of hydrogen-bond acceptors (Lipinski definition) is 7. The third kappa shape index (κ3) is 4.51. The first-order valence-corrected chi connectivity index (χ1v) is 13.2. The summed E-state index contributed by atoms with van der Waals surface area (Å²) in [6.45, 7) is 15.5. The van der Waals surface area contributed by atoms with E-state index in [1.807, 2.05) is 0 Å². The zero-order chi connectivity index (χ0) is 24.0. The normalized spacial score (nSPS) is 23.5. The van der Waals surface area contributed by atoms with Gasteiger partial charge in [0.05, 0.1) is 31.6 Å². The Morgan fingerprint density at radius 3 is 2.10 bits per heavy atom. The van der Waals surface area contributed by atoms with Crippen molar-refractivity contribution in [1.29, 1.82) is 0 Å². The second kappa shape index (κ2) is 8.00. The maximum Gasteiger partial charge on any atom is 0.412 e. The first kappa shape index (κ1) is 25.0. The average molecular weight is 454 g/mol. The molecule has 0 aliphatic carbocycles. The molecule has 31 heavy (non-hydrogen) atoms. The van der Waals surface area contributed by atoms with Gasteiger partial charge in [-0.1, -0.05) is 26.8 Å². The Morgan fingerprint density at radius 1 is 1.06 bits per heavy atom. The van der Waals surface area contributed by atoms with E-state index in [1.165, 1.54) is 19.1 Å². The molecule has 0 unspecified atom stereocenters. The number of nitrogens with zero attached hydrogens (tertiary/aromatic N) is 1. The zero-order valence-electron chi connectivity index (χ0n) is 20.2. The summed E-state index contributed by atoms with van der Waals surface area (Å²) >= 11 is 0. The second-order valence-corrected chi connectivity index (χ2v) is 15.2.